The van der Waals surface area contributed by atoms with Gasteiger partial charge in [-0.2, -0.15) is 0 Å². The van der Waals surface area contributed by atoms with Crippen LogP contribution >= 0.6 is 0 Å². The molecule has 0 saturated heterocycles. The van der Waals surface area contributed by atoms with Crippen LogP contribution in [-0.4, -0.2) is 47.4 Å². The van der Waals surface area contributed by atoms with Crippen molar-refractivity contribution in [3.63, 3.8) is 0 Å². The Morgan fingerprint density at radius 3 is 1.15 bits per heavy atom. The van der Waals surface area contributed by atoms with Crippen LogP contribution < -0.4 is 5.32 Å². The minimum absolute atomic E-state index is 0.0106. The second kappa shape index (κ2) is 55.9. The highest BCUT2D eigenvalue weighted by molar-refractivity contribution is 5.76. The molecule has 0 heterocycles. The van der Waals surface area contributed by atoms with E-state index in [0.717, 1.165) is 44.9 Å². The number of carbonyl (C=O) groups excluding carboxylic acids is 2. The molecule has 0 spiro atoms. The molecule has 6 heteroatoms. The quantitative estimate of drug-likeness (QED) is 0.0321. The van der Waals surface area contributed by atoms with E-state index in [9.17, 15) is 19.8 Å². The number of aliphatic hydroxyl groups is 2. The fraction of sp³-hybridized carbons (Fsp3) is 0.900. The highest BCUT2D eigenvalue weighted by Gasteiger charge is 2.20. The fourth-order valence-electron chi connectivity index (χ4n) is 9.20. The number of hydrogen-bond acceptors (Lipinski definition) is 5. The molecule has 0 aromatic rings. The van der Waals surface area contributed by atoms with E-state index >= 15 is 0 Å². The molecule has 2 atom stereocenters. The van der Waals surface area contributed by atoms with Crippen LogP contribution in [0.15, 0.2) is 24.3 Å². The number of allylic oxidation sites excluding steroid dienone is 4. The summed E-state index contributed by atoms with van der Waals surface area (Å²) >= 11 is 0. The molecule has 1 amide bonds. The lowest BCUT2D eigenvalue weighted by atomic mass is 10.0. The minimum atomic E-state index is -0.666. The summed E-state index contributed by atoms with van der Waals surface area (Å²) in [7, 11) is 0. The van der Waals surface area contributed by atoms with Gasteiger partial charge in [0.1, 0.15) is 0 Å². The summed E-state index contributed by atoms with van der Waals surface area (Å²) in [5.74, 6) is -0.0309. The molecule has 0 fully saturated rings. The van der Waals surface area contributed by atoms with Crippen molar-refractivity contribution in [3.8, 4) is 0 Å². The van der Waals surface area contributed by atoms with Crippen LogP contribution in [0.1, 0.15) is 322 Å². The zero-order valence-corrected chi connectivity index (χ0v) is 44.4. The molecule has 0 aromatic carbocycles. The van der Waals surface area contributed by atoms with Gasteiger partial charge in [-0.1, -0.05) is 276 Å². The van der Waals surface area contributed by atoms with Crippen molar-refractivity contribution in [1.82, 2.24) is 5.32 Å². The maximum absolute atomic E-state index is 12.4. The van der Waals surface area contributed by atoms with E-state index in [1.54, 1.807) is 0 Å². The van der Waals surface area contributed by atoms with Gasteiger partial charge in [0, 0.05) is 12.8 Å². The smallest absolute Gasteiger partial charge is 0.305 e. The highest BCUT2D eigenvalue weighted by Crippen LogP contribution is 2.17. The second-order valence-corrected chi connectivity index (χ2v) is 20.3. The summed E-state index contributed by atoms with van der Waals surface area (Å²) in [5.41, 5.74) is 0. The van der Waals surface area contributed by atoms with Crippen LogP contribution in [0.25, 0.3) is 0 Å². The maximum atomic E-state index is 12.4. The largest absolute Gasteiger partial charge is 0.466 e. The number of carbonyl (C=O) groups is 2. The topological polar surface area (TPSA) is 95.9 Å². The van der Waals surface area contributed by atoms with Gasteiger partial charge < -0.3 is 20.3 Å². The number of unbranched alkanes of at least 4 members (excludes halogenated alkanes) is 40. The number of rotatable bonds is 55. The van der Waals surface area contributed by atoms with Gasteiger partial charge in [-0.15, -0.1) is 0 Å². The first kappa shape index (κ1) is 64.3. The van der Waals surface area contributed by atoms with Gasteiger partial charge in [-0.3, -0.25) is 9.59 Å². The molecule has 0 saturated carbocycles. The summed E-state index contributed by atoms with van der Waals surface area (Å²) in [6, 6.07) is -0.544. The number of ether oxygens (including phenoxy) is 1. The monoisotopic (exact) mass is 930 g/mol. The van der Waals surface area contributed by atoms with Crippen LogP contribution in [0.3, 0.4) is 0 Å². The van der Waals surface area contributed by atoms with Gasteiger partial charge in [0.25, 0.3) is 0 Å². The number of esters is 1. The molecule has 0 radical (unpaired) electrons. The summed E-state index contributed by atoms with van der Waals surface area (Å²) < 4.78 is 5.47. The van der Waals surface area contributed by atoms with Crippen molar-refractivity contribution in [3.05, 3.63) is 24.3 Å². The first-order valence-electron chi connectivity index (χ1n) is 29.6. The number of hydrogen-bond donors (Lipinski definition) is 3. The standard InChI is InChI=1S/C60H115NO5/c1-3-5-7-9-11-13-15-29-34-38-42-46-50-54-60(65)66-55-51-47-43-39-35-31-28-26-24-22-20-18-16-17-19-21-23-25-27-30-33-37-41-45-49-53-59(64)61-57(56-62)58(63)52-48-44-40-36-32-14-12-10-8-6-4-2/h17-20,57-58,62-63H,3-16,21-56H2,1-2H3,(H,61,64)/b19-17-,20-18-. The van der Waals surface area contributed by atoms with Gasteiger partial charge in [-0.25, -0.2) is 0 Å². The lowest BCUT2D eigenvalue weighted by molar-refractivity contribution is -0.143. The van der Waals surface area contributed by atoms with Crippen molar-refractivity contribution in [2.75, 3.05) is 13.2 Å². The number of nitrogens with one attached hydrogen (secondary N) is 1. The molecule has 0 aliphatic heterocycles. The predicted molar refractivity (Wildman–Crippen MR) is 287 cm³/mol. The lowest BCUT2D eigenvalue weighted by Gasteiger charge is -2.22. The van der Waals surface area contributed by atoms with E-state index in [0.29, 0.717) is 25.9 Å². The Hall–Kier alpha value is -1.66. The average molecular weight is 931 g/mol. The molecular weight excluding hydrogens is 815 g/mol. The fourth-order valence-corrected chi connectivity index (χ4v) is 9.20. The molecule has 2 unspecified atom stereocenters. The Labute approximate surface area is 411 Å². The van der Waals surface area contributed by atoms with Crippen molar-refractivity contribution in [2.24, 2.45) is 0 Å². The van der Waals surface area contributed by atoms with Crippen LogP contribution in [-0.2, 0) is 14.3 Å². The van der Waals surface area contributed by atoms with Crippen molar-refractivity contribution >= 4 is 11.9 Å². The van der Waals surface area contributed by atoms with E-state index in [1.165, 1.54) is 244 Å². The van der Waals surface area contributed by atoms with Gasteiger partial charge in [0.15, 0.2) is 0 Å². The molecule has 0 rings (SSSR count). The maximum Gasteiger partial charge on any atom is 0.305 e. The Morgan fingerprint density at radius 2 is 0.758 bits per heavy atom. The summed E-state index contributed by atoms with van der Waals surface area (Å²) in [6.07, 6.45) is 67.5. The van der Waals surface area contributed by atoms with Gasteiger partial charge in [0.2, 0.25) is 5.91 Å². The van der Waals surface area contributed by atoms with Crippen molar-refractivity contribution in [1.29, 1.82) is 0 Å². The molecule has 390 valence electrons. The van der Waals surface area contributed by atoms with Crippen LogP contribution in [0.5, 0.6) is 0 Å². The Morgan fingerprint density at radius 1 is 0.424 bits per heavy atom. The first-order chi connectivity index (χ1) is 32.5. The van der Waals surface area contributed by atoms with E-state index in [-0.39, 0.29) is 18.5 Å². The molecule has 0 aliphatic rings. The zero-order valence-electron chi connectivity index (χ0n) is 44.4. The van der Waals surface area contributed by atoms with Gasteiger partial charge in [0.05, 0.1) is 25.4 Å². The first-order valence-corrected chi connectivity index (χ1v) is 29.6. The third kappa shape index (κ3) is 51.7. The normalized spacial score (nSPS) is 12.7. The molecule has 6 nitrogen and oxygen atoms in total. The summed E-state index contributed by atoms with van der Waals surface area (Å²) in [5, 5.41) is 23.2. The Kier molecular flexibility index (Phi) is 54.5. The SMILES string of the molecule is CCCCCCCCCCCCCCCC(=O)OCCCCCCCCCCC/C=C\C/C=C\CCCCCCCCCCCC(=O)NC(CO)C(O)CCCCCCCCCCCCC. The van der Waals surface area contributed by atoms with E-state index in [4.69, 9.17) is 4.74 Å². The zero-order chi connectivity index (χ0) is 47.9. The van der Waals surface area contributed by atoms with Crippen molar-refractivity contribution in [2.45, 2.75) is 334 Å². The lowest BCUT2D eigenvalue weighted by Crippen LogP contribution is -2.45. The van der Waals surface area contributed by atoms with Crippen molar-refractivity contribution < 1.29 is 24.5 Å². The van der Waals surface area contributed by atoms with E-state index < -0.39 is 12.1 Å². The van der Waals surface area contributed by atoms with Gasteiger partial charge >= 0.3 is 5.97 Å². The third-order valence-corrected chi connectivity index (χ3v) is 13.8. The summed E-state index contributed by atoms with van der Waals surface area (Å²) in [4.78, 5) is 24.5. The van der Waals surface area contributed by atoms with Crippen LogP contribution in [0, 0.1) is 0 Å². The minimum Gasteiger partial charge on any atom is -0.466 e. The van der Waals surface area contributed by atoms with E-state index in [2.05, 4.69) is 43.5 Å². The summed E-state index contributed by atoms with van der Waals surface area (Å²) in [6.45, 7) is 4.95. The molecule has 3 N–H and O–H groups in total. The van der Waals surface area contributed by atoms with Crippen LogP contribution in [0.2, 0.25) is 0 Å². The number of aliphatic hydroxyl groups excluding tert-OH is 2. The molecule has 66 heavy (non-hydrogen) atoms. The number of amides is 1. The molecular formula is C60H115NO5. The highest BCUT2D eigenvalue weighted by atomic mass is 16.5. The van der Waals surface area contributed by atoms with Gasteiger partial charge in [-0.05, 0) is 57.8 Å². The van der Waals surface area contributed by atoms with E-state index in [1.807, 2.05) is 0 Å². The third-order valence-electron chi connectivity index (χ3n) is 13.8. The predicted octanol–water partition coefficient (Wildman–Crippen LogP) is 18.2. The second-order valence-electron chi connectivity index (χ2n) is 20.3. The Bertz CT molecular complexity index is 1030. The molecule has 0 aliphatic carbocycles. The molecule has 0 bridgehead atoms. The average Bonchev–Trinajstić information content (AvgIpc) is 3.32. The Balaban J connectivity index is 3.41. The van der Waals surface area contributed by atoms with Crippen LogP contribution in [0.4, 0.5) is 0 Å². The molecule has 0 aromatic heterocycles.